The van der Waals surface area contributed by atoms with Crippen LogP contribution in [-0.4, -0.2) is 31.6 Å². The topological polar surface area (TPSA) is 81.7 Å². The van der Waals surface area contributed by atoms with Crippen molar-refractivity contribution in [2.24, 2.45) is 0 Å². The van der Waals surface area contributed by atoms with Gasteiger partial charge in [0.1, 0.15) is 0 Å². The van der Waals surface area contributed by atoms with Gasteiger partial charge in [-0.15, -0.1) is 0 Å². The van der Waals surface area contributed by atoms with Crippen LogP contribution in [0.3, 0.4) is 0 Å². The molecular weight excluding hydrogens is 394 g/mol. The van der Waals surface area contributed by atoms with Crippen molar-refractivity contribution in [2.75, 3.05) is 13.7 Å². The zero-order valence-electron chi connectivity index (χ0n) is 17.3. The van der Waals surface area contributed by atoms with Crippen LogP contribution in [0.1, 0.15) is 34.5 Å². The molecule has 0 saturated carbocycles. The third kappa shape index (κ3) is 5.79. The minimum Gasteiger partial charge on any atom is -0.465 e. The van der Waals surface area contributed by atoms with E-state index in [0.717, 1.165) is 16.3 Å². The Balaban J connectivity index is 1.51. The first kappa shape index (κ1) is 21.8. The molecule has 6 heteroatoms. The van der Waals surface area contributed by atoms with Crippen LogP contribution in [0, 0.1) is 0 Å². The van der Waals surface area contributed by atoms with Gasteiger partial charge in [0, 0.05) is 6.08 Å². The quantitative estimate of drug-likeness (QED) is 0.463. The SMILES string of the molecule is COC(=O)c1ccc(/C=C/C(=O)OCC(=O)NC(C)c2cccc3ccccc23)cc1. The first-order valence-corrected chi connectivity index (χ1v) is 9.78. The number of methoxy groups -OCH3 is 1. The molecule has 1 unspecified atom stereocenters. The Kier molecular flexibility index (Phi) is 7.17. The molecule has 0 heterocycles. The minimum absolute atomic E-state index is 0.235. The molecule has 0 aliphatic rings. The fourth-order valence-electron chi connectivity index (χ4n) is 3.19. The maximum Gasteiger partial charge on any atom is 0.337 e. The molecule has 0 aliphatic carbocycles. The van der Waals surface area contributed by atoms with Gasteiger partial charge in [-0.25, -0.2) is 9.59 Å². The van der Waals surface area contributed by atoms with E-state index >= 15 is 0 Å². The van der Waals surface area contributed by atoms with Crippen molar-refractivity contribution >= 4 is 34.7 Å². The van der Waals surface area contributed by atoms with Crippen LogP contribution in [-0.2, 0) is 19.1 Å². The van der Waals surface area contributed by atoms with Gasteiger partial charge in [0.25, 0.3) is 5.91 Å². The van der Waals surface area contributed by atoms with Crippen LogP contribution in [0.5, 0.6) is 0 Å². The third-order valence-electron chi connectivity index (χ3n) is 4.76. The van der Waals surface area contributed by atoms with Gasteiger partial charge in [-0.05, 0) is 47.0 Å². The molecule has 1 amide bonds. The standard InChI is InChI=1S/C25H23NO5/c1-17(21-9-5-7-19-6-3-4-8-22(19)21)26-23(27)16-31-24(28)15-12-18-10-13-20(14-11-18)25(29)30-2/h3-15,17H,16H2,1-2H3,(H,26,27)/b15-12+. The predicted molar refractivity (Wildman–Crippen MR) is 118 cm³/mol. The van der Waals surface area contributed by atoms with Gasteiger partial charge in [0.15, 0.2) is 6.61 Å². The van der Waals surface area contributed by atoms with Crippen molar-refractivity contribution in [2.45, 2.75) is 13.0 Å². The molecule has 3 aromatic rings. The van der Waals surface area contributed by atoms with Crippen LogP contribution in [0.4, 0.5) is 0 Å². The fourth-order valence-corrected chi connectivity index (χ4v) is 3.19. The molecule has 31 heavy (non-hydrogen) atoms. The summed E-state index contributed by atoms with van der Waals surface area (Å²) in [6.45, 7) is 1.51. The number of amides is 1. The molecule has 6 nitrogen and oxygen atoms in total. The molecule has 0 bridgehead atoms. The maximum atomic E-state index is 12.2. The van der Waals surface area contributed by atoms with E-state index in [9.17, 15) is 14.4 Å². The van der Waals surface area contributed by atoms with Gasteiger partial charge >= 0.3 is 11.9 Å². The second-order valence-electron chi connectivity index (χ2n) is 6.91. The average Bonchev–Trinajstić information content (AvgIpc) is 2.80. The summed E-state index contributed by atoms with van der Waals surface area (Å²) in [7, 11) is 1.31. The molecule has 0 saturated heterocycles. The number of hydrogen-bond acceptors (Lipinski definition) is 5. The van der Waals surface area contributed by atoms with Gasteiger partial charge in [-0.2, -0.15) is 0 Å². The molecule has 158 valence electrons. The highest BCUT2D eigenvalue weighted by molar-refractivity contribution is 5.91. The zero-order chi connectivity index (χ0) is 22.2. The molecule has 0 radical (unpaired) electrons. The normalized spacial score (nSPS) is 11.8. The second-order valence-corrected chi connectivity index (χ2v) is 6.91. The lowest BCUT2D eigenvalue weighted by molar-refractivity contribution is -0.144. The van der Waals surface area contributed by atoms with E-state index in [4.69, 9.17) is 4.74 Å². The number of nitrogens with one attached hydrogen (secondary N) is 1. The predicted octanol–water partition coefficient (Wildman–Crippen LogP) is 4.06. The molecule has 0 spiro atoms. The molecule has 0 aromatic heterocycles. The zero-order valence-corrected chi connectivity index (χ0v) is 17.3. The summed E-state index contributed by atoms with van der Waals surface area (Å²) < 4.78 is 9.65. The number of rotatable bonds is 7. The van der Waals surface area contributed by atoms with E-state index in [1.54, 1.807) is 30.3 Å². The monoisotopic (exact) mass is 417 g/mol. The Morgan fingerprint density at radius 2 is 1.68 bits per heavy atom. The van der Waals surface area contributed by atoms with Crippen molar-refractivity contribution in [3.63, 3.8) is 0 Å². The van der Waals surface area contributed by atoms with Crippen LogP contribution in [0.25, 0.3) is 16.8 Å². The molecule has 0 aliphatic heterocycles. The highest BCUT2D eigenvalue weighted by Gasteiger charge is 2.13. The van der Waals surface area contributed by atoms with Crippen LogP contribution in [0.15, 0.2) is 72.8 Å². The minimum atomic E-state index is -0.634. The van der Waals surface area contributed by atoms with Crippen molar-refractivity contribution in [1.82, 2.24) is 5.32 Å². The Labute approximate surface area is 180 Å². The van der Waals surface area contributed by atoms with E-state index in [-0.39, 0.29) is 18.6 Å². The average molecular weight is 417 g/mol. The van der Waals surface area contributed by atoms with Crippen molar-refractivity contribution in [1.29, 1.82) is 0 Å². The number of benzene rings is 3. The molecule has 1 atom stereocenters. The Hall–Kier alpha value is -3.93. The van der Waals surface area contributed by atoms with Crippen molar-refractivity contribution in [3.05, 3.63) is 89.5 Å². The van der Waals surface area contributed by atoms with Crippen LogP contribution >= 0.6 is 0 Å². The van der Waals surface area contributed by atoms with Crippen LogP contribution < -0.4 is 5.32 Å². The van der Waals surface area contributed by atoms with Crippen molar-refractivity contribution in [3.8, 4) is 0 Å². The Bertz CT molecular complexity index is 1110. The van der Waals surface area contributed by atoms with E-state index in [1.807, 2.05) is 49.4 Å². The number of esters is 2. The molecule has 3 aromatic carbocycles. The van der Waals surface area contributed by atoms with Gasteiger partial charge in [-0.3, -0.25) is 4.79 Å². The van der Waals surface area contributed by atoms with Crippen LogP contribution in [0.2, 0.25) is 0 Å². The smallest absolute Gasteiger partial charge is 0.337 e. The van der Waals surface area contributed by atoms with Gasteiger partial charge < -0.3 is 14.8 Å². The summed E-state index contributed by atoms with van der Waals surface area (Å²) in [5.74, 6) is -1.45. The Morgan fingerprint density at radius 1 is 0.968 bits per heavy atom. The highest BCUT2D eigenvalue weighted by Crippen LogP contribution is 2.23. The van der Waals surface area contributed by atoms with E-state index in [2.05, 4.69) is 10.1 Å². The summed E-state index contributed by atoms with van der Waals surface area (Å²) in [5.41, 5.74) is 2.12. The summed E-state index contributed by atoms with van der Waals surface area (Å²) >= 11 is 0. The molecule has 0 fully saturated rings. The number of carbonyl (C=O) groups excluding carboxylic acids is 3. The number of hydrogen-bond donors (Lipinski definition) is 1. The first-order valence-electron chi connectivity index (χ1n) is 9.78. The maximum absolute atomic E-state index is 12.2. The second kappa shape index (κ2) is 10.2. The van der Waals surface area contributed by atoms with Gasteiger partial charge in [0.05, 0.1) is 18.7 Å². The highest BCUT2D eigenvalue weighted by atomic mass is 16.5. The summed E-state index contributed by atoms with van der Waals surface area (Å²) in [6, 6.07) is 20.2. The van der Waals surface area contributed by atoms with Gasteiger partial charge in [0.2, 0.25) is 0 Å². The summed E-state index contributed by atoms with van der Waals surface area (Å²) in [6.07, 6.45) is 2.77. The lowest BCUT2D eigenvalue weighted by atomic mass is 10.00. The number of ether oxygens (including phenoxy) is 2. The lowest BCUT2D eigenvalue weighted by Crippen LogP contribution is -2.31. The lowest BCUT2D eigenvalue weighted by Gasteiger charge is -2.16. The molecule has 1 N–H and O–H groups in total. The molecule has 3 rings (SSSR count). The third-order valence-corrected chi connectivity index (χ3v) is 4.76. The molecular formula is C25H23NO5. The Morgan fingerprint density at radius 3 is 2.42 bits per heavy atom. The van der Waals surface area contributed by atoms with E-state index in [0.29, 0.717) is 11.1 Å². The van der Waals surface area contributed by atoms with E-state index < -0.39 is 11.9 Å². The fraction of sp³-hybridized carbons (Fsp3) is 0.160. The number of fused-ring (bicyclic) bond motifs is 1. The number of carbonyl (C=O) groups is 3. The van der Waals surface area contributed by atoms with Gasteiger partial charge in [-0.1, -0.05) is 54.6 Å². The van der Waals surface area contributed by atoms with E-state index in [1.165, 1.54) is 13.2 Å². The largest absolute Gasteiger partial charge is 0.465 e. The van der Waals surface area contributed by atoms with Crippen molar-refractivity contribution < 1.29 is 23.9 Å². The first-order chi connectivity index (χ1) is 15.0. The summed E-state index contributed by atoms with van der Waals surface area (Å²) in [5, 5.41) is 5.02. The summed E-state index contributed by atoms with van der Waals surface area (Å²) in [4.78, 5) is 35.5.